The molecule has 2 heterocycles. The molecule has 1 aliphatic heterocycles. The molecule has 1 aromatic heterocycles. The first-order valence-corrected chi connectivity index (χ1v) is 13.9. The summed E-state index contributed by atoms with van der Waals surface area (Å²) in [7, 11) is 0. The van der Waals surface area contributed by atoms with Crippen LogP contribution in [-0.4, -0.2) is 16.5 Å². The molecule has 2 aromatic carbocycles. The van der Waals surface area contributed by atoms with Gasteiger partial charge in [-0.2, -0.15) is 4.98 Å². The van der Waals surface area contributed by atoms with Crippen molar-refractivity contribution in [3.63, 3.8) is 0 Å². The number of nitrogens with zero attached hydrogens (tertiary/aromatic N) is 2. The summed E-state index contributed by atoms with van der Waals surface area (Å²) < 4.78 is 0. The molecule has 4 rings (SSSR count). The van der Waals surface area contributed by atoms with Crippen molar-refractivity contribution >= 4 is 22.7 Å². The van der Waals surface area contributed by atoms with Crippen LogP contribution in [0.5, 0.6) is 0 Å². The highest BCUT2D eigenvalue weighted by molar-refractivity contribution is 6.00. The summed E-state index contributed by atoms with van der Waals surface area (Å²) in [6.45, 7) is 18.4. The number of nitrogens with one attached hydrogen (secondary N) is 2. The van der Waals surface area contributed by atoms with E-state index in [1.165, 1.54) is 39.1 Å². The summed E-state index contributed by atoms with van der Waals surface area (Å²) in [4.78, 5) is 9.61. The molecule has 0 fully saturated rings. The third kappa shape index (κ3) is 5.62. The number of aryl methyl sites for hydroxylation is 2. The SMILES string of the molecule is CC/C(C)=C\C(C)c1cc(C)c(-c2cccc3c(N)nc(NC4=CC(C)/C(=C(\C)CC)NC4)nc23)c(C)c1. The average Bonchev–Trinajstić information content (AvgIpc) is 2.88. The molecule has 2 atom stereocenters. The molecule has 0 spiro atoms. The summed E-state index contributed by atoms with van der Waals surface area (Å²) in [5, 5.41) is 7.90. The normalized spacial score (nSPS) is 18.2. The summed E-state index contributed by atoms with van der Waals surface area (Å²) in [6, 6.07) is 10.8. The van der Waals surface area contributed by atoms with Gasteiger partial charge in [-0.15, -0.1) is 0 Å². The monoisotopic (exact) mass is 509 g/mol. The van der Waals surface area contributed by atoms with E-state index >= 15 is 0 Å². The van der Waals surface area contributed by atoms with E-state index in [-0.39, 0.29) is 0 Å². The number of rotatable bonds is 7. The third-order valence-corrected chi connectivity index (χ3v) is 7.84. The van der Waals surface area contributed by atoms with Gasteiger partial charge in [-0.05, 0) is 74.8 Å². The highest BCUT2D eigenvalue weighted by atomic mass is 15.1. The Morgan fingerprint density at radius 3 is 2.47 bits per heavy atom. The summed E-state index contributed by atoms with van der Waals surface area (Å²) in [5.74, 6) is 1.70. The Morgan fingerprint density at radius 1 is 1.13 bits per heavy atom. The van der Waals surface area contributed by atoms with Crippen molar-refractivity contribution in [1.82, 2.24) is 15.3 Å². The van der Waals surface area contributed by atoms with Crippen molar-refractivity contribution in [2.75, 3.05) is 17.6 Å². The first kappa shape index (κ1) is 27.4. The zero-order valence-electron chi connectivity index (χ0n) is 24.3. The minimum atomic E-state index is 0.307. The van der Waals surface area contributed by atoms with E-state index < -0.39 is 0 Å². The maximum absolute atomic E-state index is 6.48. The fourth-order valence-corrected chi connectivity index (χ4v) is 5.51. The highest BCUT2D eigenvalue weighted by Gasteiger charge is 2.19. The minimum Gasteiger partial charge on any atom is -0.383 e. The van der Waals surface area contributed by atoms with Gasteiger partial charge >= 0.3 is 0 Å². The maximum atomic E-state index is 6.48. The molecule has 3 aromatic rings. The van der Waals surface area contributed by atoms with E-state index in [1.807, 2.05) is 12.1 Å². The second kappa shape index (κ2) is 11.4. The van der Waals surface area contributed by atoms with Crippen molar-refractivity contribution in [1.29, 1.82) is 0 Å². The van der Waals surface area contributed by atoms with E-state index in [9.17, 15) is 0 Å². The number of allylic oxidation sites excluding steroid dienone is 4. The van der Waals surface area contributed by atoms with E-state index in [4.69, 9.17) is 10.7 Å². The lowest BCUT2D eigenvalue weighted by Gasteiger charge is -2.26. The smallest absolute Gasteiger partial charge is 0.229 e. The van der Waals surface area contributed by atoms with Gasteiger partial charge < -0.3 is 16.4 Å². The Labute approximate surface area is 228 Å². The second-order valence-electron chi connectivity index (χ2n) is 10.8. The lowest BCUT2D eigenvalue weighted by atomic mass is 9.88. The molecule has 0 radical (unpaired) electrons. The van der Waals surface area contributed by atoms with E-state index in [1.54, 1.807) is 0 Å². The Bertz CT molecular complexity index is 1420. The topological polar surface area (TPSA) is 75.9 Å². The van der Waals surface area contributed by atoms with Gasteiger partial charge in [0.2, 0.25) is 5.95 Å². The molecule has 200 valence electrons. The zero-order chi connectivity index (χ0) is 27.6. The lowest BCUT2D eigenvalue weighted by Crippen LogP contribution is -2.30. The number of para-hydroxylation sites is 1. The predicted octanol–water partition coefficient (Wildman–Crippen LogP) is 8.17. The number of anilines is 2. The van der Waals surface area contributed by atoms with Crippen LogP contribution in [-0.2, 0) is 0 Å². The summed E-state index contributed by atoms with van der Waals surface area (Å²) in [5.41, 5.74) is 18.6. The highest BCUT2D eigenvalue weighted by Crippen LogP contribution is 2.36. The zero-order valence-corrected chi connectivity index (χ0v) is 24.3. The Hall–Kier alpha value is -3.60. The molecule has 38 heavy (non-hydrogen) atoms. The van der Waals surface area contributed by atoms with Gasteiger partial charge in [0.1, 0.15) is 5.82 Å². The molecule has 1 aliphatic rings. The van der Waals surface area contributed by atoms with Crippen LogP contribution in [0.3, 0.4) is 0 Å². The van der Waals surface area contributed by atoms with Crippen LogP contribution >= 0.6 is 0 Å². The predicted molar refractivity (Wildman–Crippen MR) is 163 cm³/mol. The van der Waals surface area contributed by atoms with Gasteiger partial charge in [0.15, 0.2) is 0 Å². The first-order valence-electron chi connectivity index (χ1n) is 13.9. The molecule has 0 saturated heterocycles. The van der Waals surface area contributed by atoms with E-state index in [0.29, 0.717) is 30.1 Å². The van der Waals surface area contributed by atoms with Crippen LogP contribution in [0, 0.1) is 19.8 Å². The van der Waals surface area contributed by atoms with Gasteiger partial charge in [0.05, 0.1) is 12.1 Å². The molecule has 0 aliphatic carbocycles. The van der Waals surface area contributed by atoms with Crippen molar-refractivity contribution in [3.8, 4) is 11.1 Å². The van der Waals surface area contributed by atoms with Gasteiger partial charge in [-0.1, -0.05) is 75.3 Å². The Balaban J connectivity index is 1.74. The number of fused-ring (bicyclic) bond motifs is 1. The molecule has 5 nitrogen and oxygen atoms in total. The largest absolute Gasteiger partial charge is 0.383 e. The van der Waals surface area contributed by atoms with E-state index in [0.717, 1.165) is 35.0 Å². The number of nitrogen functional groups attached to an aromatic ring is 1. The molecular formula is C33H43N5. The standard InChI is InChI=1S/C33H43N5/c1-9-19(3)14-21(5)25-15-22(6)29(23(7)16-25)27-12-11-13-28-31(27)37-33(38-32(28)34)36-26-17-24(8)30(35-18-26)20(4)10-2/h11-17,21,24,35H,9-10,18H2,1-8H3,(H3,34,36,37,38)/b19-14-,30-20-. The van der Waals surface area contributed by atoms with Crippen molar-refractivity contribution in [3.05, 3.63) is 81.7 Å². The average molecular weight is 510 g/mol. The molecule has 0 amide bonds. The van der Waals surface area contributed by atoms with Crippen LogP contribution in [0.2, 0.25) is 0 Å². The molecule has 4 N–H and O–H groups in total. The summed E-state index contributed by atoms with van der Waals surface area (Å²) >= 11 is 0. The molecule has 2 unspecified atom stereocenters. The molecular weight excluding hydrogens is 466 g/mol. The molecule has 0 saturated carbocycles. The van der Waals surface area contributed by atoms with E-state index in [2.05, 4.69) is 101 Å². The lowest BCUT2D eigenvalue weighted by molar-refractivity contribution is 0.666. The number of nitrogens with two attached hydrogens (primary N) is 1. The van der Waals surface area contributed by atoms with Gasteiger partial charge in [-0.25, -0.2) is 4.98 Å². The Kier molecular flexibility index (Phi) is 8.25. The second-order valence-corrected chi connectivity index (χ2v) is 10.8. The Morgan fingerprint density at radius 2 is 1.84 bits per heavy atom. The first-order chi connectivity index (χ1) is 18.1. The number of hydrogen-bond acceptors (Lipinski definition) is 5. The maximum Gasteiger partial charge on any atom is 0.229 e. The summed E-state index contributed by atoms with van der Waals surface area (Å²) in [6.07, 6.45) is 6.75. The van der Waals surface area contributed by atoms with Gasteiger partial charge in [-0.3, -0.25) is 0 Å². The number of hydrogen-bond donors (Lipinski definition) is 3. The quantitative estimate of drug-likeness (QED) is 0.280. The minimum absolute atomic E-state index is 0.307. The van der Waals surface area contributed by atoms with Crippen molar-refractivity contribution < 1.29 is 0 Å². The third-order valence-electron chi connectivity index (χ3n) is 7.84. The molecule has 5 heteroatoms. The fourth-order valence-electron chi connectivity index (χ4n) is 5.51. The van der Waals surface area contributed by atoms with Crippen LogP contribution < -0.4 is 16.4 Å². The van der Waals surface area contributed by atoms with Crippen LogP contribution in [0.15, 0.2) is 65.0 Å². The fraction of sp³-hybridized carbons (Fsp3) is 0.394. The molecule has 0 bridgehead atoms. The van der Waals surface area contributed by atoms with Gasteiger partial charge in [0, 0.05) is 28.3 Å². The van der Waals surface area contributed by atoms with Crippen molar-refractivity contribution in [2.24, 2.45) is 5.92 Å². The van der Waals surface area contributed by atoms with Crippen molar-refractivity contribution in [2.45, 2.75) is 74.1 Å². The number of benzene rings is 2. The van der Waals surface area contributed by atoms with Crippen LogP contribution in [0.4, 0.5) is 11.8 Å². The van der Waals surface area contributed by atoms with Crippen LogP contribution in [0.25, 0.3) is 22.0 Å². The van der Waals surface area contributed by atoms with Crippen LogP contribution in [0.1, 0.15) is 77.0 Å². The van der Waals surface area contributed by atoms with Gasteiger partial charge in [0.25, 0.3) is 0 Å². The number of aromatic nitrogens is 2.